The van der Waals surface area contributed by atoms with Crippen LogP contribution < -0.4 is 0 Å². The highest BCUT2D eigenvalue weighted by Crippen LogP contribution is 2.38. The fourth-order valence-corrected chi connectivity index (χ4v) is 4.46. The molecule has 1 saturated carbocycles. The molecule has 3 aliphatic rings. The van der Waals surface area contributed by atoms with Crippen LogP contribution in [0.15, 0.2) is 27.6 Å². The van der Waals surface area contributed by atoms with Gasteiger partial charge in [0.25, 0.3) is 5.91 Å². The van der Waals surface area contributed by atoms with Crippen molar-refractivity contribution in [2.75, 3.05) is 6.54 Å². The summed E-state index contributed by atoms with van der Waals surface area (Å²) < 4.78 is 0. The van der Waals surface area contributed by atoms with E-state index in [4.69, 9.17) is 11.6 Å². The minimum Gasteiger partial charge on any atom is -0.332 e. The maximum absolute atomic E-state index is 12.9. The Morgan fingerprint density at radius 2 is 2.19 bits per heavy atom. The lowest BCUT2D eigenvalue weighted by atomic mass is 9.89. The fourth-order valence-electron chi connectivity index (χ4n) is 3.38. The normalized spacial score (nSPS) is 24.3. The molecule has 21 heavy (non-hydrogen) atoms. The highest BCUT2D eigenvalue weighted by Gasteiger charge is 2.40. The van der Waals surface area contributed by atoms with Gasteiger partial charge in [0.15, 0.2) is 0 Å². The minimum absolute atomic E-state index is 0.126. The van der Waals surface area contributed by atoms with Gasteiger partial charge in [-0.1, -0.05) is 11.6 Å². The number of rotatable bonds is 3. The lowest BCUT2D eigenvalue weighted by Gasteiger charge is -2.35. The smallest absolute Gasteiger partial charge is 0.265 e. The van der Waals surface area contributed by atoms with Gasteiger partial charge in [-0.25, -0.2) is 0 Å². The molecule has 5 heteroatoms. The topological polar surface area (TPSA) is 32.7 Å². The predicted molar refractivity (Wildman–Crippen MR) is 86.5 cm³/mol. The predicted octanol–water partition coefficient (Wildman–Crippen LogP) is 3.94. The summed E-state index contributed by atoms with van der Waals surface area (Å²) in [7, 11) is 0. The second-order valence-corrected chi connectivity index (χ2v) is 7.36. The van der Waals surface area contributed by atoms with Crippen molar-refractivity contribution in [3.63, 3.8) is 0 Å². The first-order chi connectivity index (χ1) is 10.2. The molecule has 0 radical (unpaired) electrons. The number of aliphatic imine (C=N–C) groups is 1. The van der Waals surface area contributed by atoms with Crippen molar-refractivity contribution in [1.29, 1.82) is 0 Å². The fraction of sp³-hybridized carbons (Fsp3) is 0.500. The van der Waals surface area contributed by atoms with Crippen LogP contribution in [0.2, 0.25) is 5.02 Å². The van der Waals surface area contributed by atoms with Crippen molar-refractivity contribution in [2.45, 2.75) is 44.2 Å². The number of hydrogen-bond donors (Lipinski definition) is 0. The molecule has 1 aliphatic heterocycles. The Morgan fingerprint density at radius 3 is 2.90 bits per heavy atom. The van der Waals surface area contributed by atoms with Gasteiger partial charge in [0, 0.05) is 18.3 Å². The highest BCUT2D eigenvalue weighted by atomic mass is 35.5. The zero-order valence-corrected chi connectivity index (χ0v) is 13.3. The van der Waals surface area contributed by atoms with E-state index in [0.717, 1.165) is 38.6 Å². The SMILES string of the molecule is O=C(c1sccc1Cl)N(C1CC1)C1CCC2=C(C=NC2)C1. The Hall–Kier alpha value is -1.13. The lowest BCUT2D eigenvalue weighted by Crippen LogP contribution is -2.43. The van der Waals surface area contributed by atoms with Gasteiger partial charge in [-0.3, -0.25) is 9.79 Å². The third-order valence-electron chi connectivity index (χ3n) is 4.60. The van der Waals surface area contributed by atoms with Crippen LogP contribution >= 0.6 is 22.9 Å². The molecule has 1 unspecified atom stereocenters. The number of thiophene rings is 1. The van der Waals surface area contributed by atoms with E-state index in [1.165, 1.54) is 22.5 Å². The molecule has 0 bridgehead atoms. The average Bonchev–Trinajstić information content (AvgIpc) is 3.03. The first-order valence-electron chi connectivity index (χ1n) is 7.50. The van der Waals surface area contributed by atoms with E-state index in [2.05, 4.69) is 9.89 Å². The molecule has 1 aromatic rings. The molecule has 0 aromatic carbocycles. The van der Waals surface area contributed by atoms with Crippen molar-refractivity contribution < 1.29 is 4.79 Å². The Morgan fingerprint density at radius 1 is 1.33 bits per heavy atom. The number of halogens is 1. The summed E-state index contributed by atoms with van der Waals surface area (Å²) in [4.78, 5) is 20.1. The lowest BCUT2D eigenvalue weighted by molar-refractivity contribution is 0.0650. The summed E-state index contributed by atoms with van der Waals surface area (Å²) in [5.41, 5.74) is 2.84. The van der Waals surface area contributed by atoms with Gasteiger partial charge in [0.1, 0.15) is 4.88 Å². The van der Waals surface area contributed by atoms with Gasteiger partial charge in [0.2, 0.25) is 0 Å². The zero-order valence-electron chi connectivity index (χ0n) is 11.7. The zero-order chi connectivity index (χ0) is 14.4. The second-order valence-electron chi connectivity index (χ2n) is 6.04. The molecule has 3 nitrogen and oxygen atoms in total. The number of hydrogen-bond acceptors (Lipinski definition) is 3. The number of nitrogens with zero attached hydrogens (tertiary/aromatic N) is 2. The summed E-state index contributed by atoms with van der Waals surface area (Å²) in [6, 6.07) is 2.54. The highest BCUT2D eigenvalue weighted by molar-refractivity contribution is 7.12. The quantitative estimate of drug-likeness (QED) is 0.830. The Kier molecular flexibility index (Phi) is 3.38. The number of carbonyl (C=O) groups is 1. The van der Waals surface area contributed by atoms with E-state index in [1.807, 2.05) is 17.7 Å². The van der Waals surface area contributed by atoms with Gasteiger partial charge in [0.05, 0.1) is 11.6 Å². The molecular formula is C16H17ClN2OS. The van der Waals surface area contributed by atoms with Crippen LogP contribution in [0.3, 0.4) is 0 Å². The summed E-state index contributed by atoms with van der Waals surface area (Å²) in [5, 5.41) is 2.49. The van der Waals surface area contributed by atoms with Crippen LogP contribution in [0.25, 0.3) is 0 Å². The largest absolute Gasteiger partial charge is 0.332 e. The molecule has 1 amide bonds. The van der Waals surface area contributed by atoms with Gasteiger partial charge < -0.3 is 4.90 Å². The van der Waals surface area contributed by atoms with Crippen molar-refractivity contribution >= 4 is 35.1 Å². The first kappa shape index (κ1) is 13.5. The van der Waals surface area contributed by atoms with Crippen LogP contribution in [0.1, 0.15) is 41.8 Å². The first-order valence-corrected chi connectivity index (χ1v) is 8.76. The average molecular weight is 321 g/mol. The van der Waals surface area contributed by atoms with Crippen LogP contribution in [0.4, 0.5) is 0 Å². The van der Waals surface area contributed by atoms with Crippen LogP contribution in [-0.2, 0) is 0 Å². The minimum atomic E-state index is 0.126. The van der Waals surface area contributed by atoms with E-state index in [1.54, 1.807) is 0 Å². The Labute approximate surface area is 133 Å². The summed E-state index contributed by atoms with van der Waals surface area (Å²) in [6.07, 6.45) is 7.37. The van der Waals surface area contributed by atoms with Crippen molar-refractivity contribution in [2.24, 2.45) is 4.99 Å². The molecule has 0 spiro atoms. The molecule has 2 heterocycles. The number of amides is 1. The molecule has 4 rings (SSSR count). The van der Waals surface area contributed by atoms with Gasteiger partial charge in [-0.05, 0) is 54.7 Å². The van der Waals surface area contributed by atoms with E-state index in [-0.39, 0.29) is 5.91 Å². The van der Waals surface area contributed by atoms with Crippen molar-refractivity contribution in [3.05, 3.63) is 32.5 Å². The van der Waals surface area contributed by atoms with Crippen molar-refractivity contribution in [3.8, 4) is 0 Å². The maximum atomic E-state index is 12.9. The second kappa shape index (κ2) is 5.25. The van der Waals surface area contributed by atoms with Crippen LogP contribution in [0, 0.1) is 0 Å². The summed E-state index contributed by atoms with van der Waals surface area (Å²) in [5.74, 6) is 0.126. The van der Waals surface area contributed by atoms with Gasteiger partial charge in [-0.15, -0.1) is 11.3 Å². The Bertz CT molecular complexity index is 644. The molecule has 110 valence electrons. The van der Waals surface area contributed by atoms with Crippen LogP contribution in [-0.4, -0.2) is 35.7 Å². The van der Waals surface area contributed by atoms with Crippen molar-refractivity contribution in [1.82, 2.24) is 4.90 Å². The van der Waals surface area contributed by atoms with Gasteiger partial charge >= 0.3 is 0 Å². The third kappa shape index (κ3) is 2.44. The molecule has 2 aliphatic carbocycles. The summed E-state index contributed by atoms with van der Waals surface area (Å²) >= 11 is 7.62. The van der Waals surface area contributed by atoms with Crippen LogP contribution in [0.5, 0.6) is 0 Å². The van der Waals surface area contributed by atoms with Gasteiger partial charge in [-0.2, -0.15) is 0 Å². The number of carbonyl (C=O) groups excluding carboxylic acids is 1. The van der Waals surface area contributed by atoms with E-state index in [0.29, 0.717) is 22.0 Å². The van der Waals surface area contributed by atoms with E-state index in [9.17, 15) is 4.79 Å². The molecule has 1 fully saturated rings. The third-order valence-corrected chi connectivity index (χ3v) is 5.93. The molecule has 1 aromatic heterocycles. The maximum Gasteiger partial charge on any atom is 0.265 e. The van der Waals surface area contributed by atoms with E-state index >= 15 is 0 Å². The molecule has 0 saturated heterocycles. The van der Waals surface area contributed by atoms with E-state index < -0.39 is 0 Å². The molecular weight excluding hydrogens is 304 g/mol. The molecule has 1 atom stereocenters. The summed E-state index contributed by atoms with van der Waals surface area (Å²) in [6.45, 7) is 0.871. The monoisotopic (exact) mass is 320 g/mol. The standard InChI is InChI=1S/C16H17ClN2OS/c17-14-5-6-21-15(14)16(20)19(12-3-4-12)13-2-1-10-8-18-9-11(10)7-13/h5-6,9,12-13H,1-4,7-8H2. The Balaban J connectivity index is 1.59. The molecule has 0 N–H and O–H groups in total.